The highest BCUT2D eigenvalue weighted by atomic mass is 19.1. The number of ether oxygens (including phenoxy) is 3. The molecule has 0 unspecified atom stereocenters. The number of hydrogen-bond donors (Lipinski definition) is 1. The lowest BCUT2D eigenvalue weighted by Crippen LogP contribution is -2.48. The van der Waals surface area contributed by atoms with Crippen LogP contribution in [0.1, 0.15) is 80.8 Å². The lowest BCUT2D eigenvalue weighted by atomic mass is 9.74. The number of fused-ring (bicyclic) bond motifs is 1. The van der Waals surface area contributed by atoms with Gasteiger partial charge in [0, 0.05) is 44.5 Å². The molecule has 2 heterocycles. The molecule has 3 aliphatic rings. The largest absolute Gasteiger partial charge is 0.457 e. The van der Waals surface area contributed by atoms with E-state index in [0.29, 0.717) is 36.3 Å². The summed E-state index contributed by atoms with van der Waals surface area (Å²) in [4.78, 5) is 42.6. The Morgan fingerprint density at radius 3 is 2.42 bits per heavy atom. The topological polar surface area (TPSA) is 121 Å². The first-order chi connectivity index (χ1) is 21.7. The number of furan rings is 1. The molecule has 0 spiro atoms. The van der Waals surface area contributed by atoms with Crippen LogP contribution >= 0.6 is 0 Å². The summed E-state index contributed by atoms with van der Waals surface area (Å²) < 4.78 is 34.9. The summed E-state index contributed by atoms with van der Waals surface area (Å²) >= 11 is 0. The molecule has 248 valence electrons. The summed E-state index contributed by atoms with van der Waals surface area (Å²) in [5.41, 5.74) is 7.31. The van der Waals surface area contributed by atoms with Crippen LogP contribution in [0, 0.1) is 23.7 Å². The number of nitrogens with zero attached hydrogens (tertiary/aromatic N) is 1. The first-order valence-electron chi connectivity index (χ1n) is 16.6. The number of methoxy groups -OCH3 is 2. The summed E-state index contributed by atoms with van der Waals surface area (Å²) in [5, 5.41) is 0.712. The van der Waals surface area contributed by atoms with Gasteiger partial charge >= 0.3 is 5.97 Å². The molecule has 0 radical (unpaired) electrons. The van der Waals surface area contributed by atoms with Gasteiger partial charge in [0.1, 0.15) is 18.9 Å². The van der Waals surface area contributed by atoms with Crippen LogP contribution in [0.2, 0.25) is 0 Å². The predicted octanol–water partition coefficient (Wildman–Crippen LogP) is 5.26. The lowest BCUT2D eigenvalue weighted by Gasteiger charge is -2.37. The number of likely N-dealkylation sites (tertiary alicyclic amines) is 1. The molecule has 2 aliphatic carbocycles. The highest BCUT2D eigenvalue weighted by Gasteiger charge is 2.47. The molecule has 0 bridgehead atoms. The number of rotatable bonds is 12. The molecule has 5 rings (SSSR count). The maximum absolute atomic E-state index is 14.2. The van der Waals surface area contributed by atoms with E-state index in [2.05, 4.69) is 0 Å². The average molecular weight is 629 g/mol. The van der Waals surface area contributed by atoms with E-state index in [0.717, 1.165) is 50.5 Å². The van der Waals surface area contributed by atoms with E-state index in [4.69, 9.17) is 24.4 Å². The van der Waals surface area contributed by atoms with Crippen molar-refractivity contribution in [1.29, 1.82) is 0 Å². The Hall–Kier alpha value is -2.82. The molecule has 3 fully saturated rings. The SMILES string of the molecule is COC1CCC([C@@H]2CCN(C(=O)C3CCC([C@H](N)CF)CC3)[C@@H]2C(=O)Cc2ccc3oc(C(=O)OC[C@H](C)OC)cc3c2)CC1. The number of nitrogens with two attached hydrogens (primary N) is 1. The molecular formula is C35H49FN2O7. The van der Waals surface area contributed by atoms with Crippen LogP contribution in [0.25, 0.3) is 11.0 Å². The Morgan fingerprint density at radius 1 is 1.02 bits per heavy atom. The van der Waals surface area contributed by atoms with Crippen molar-refractivity contribution in [2.24, 2.45) is 29.4 Å². The quantitative estimate of drug-likeness (QED) is 0.316. The van der Waals surface area contributed by atoms with Gasteiger partial charge in [-0.05, 0) is 106 Å². The van der Waals surface area contributed by atoms with Crippen molar-refractivity contribution in [2.45, 2.75) is 95.4 Å². The van der Waals surface area contributed by atoms with Crippen LogP contribution in [0.5, 0.6) is 0 Å². The number of ketones is 1. The number of alkyl halides is 1. The van der Waals surface area contributed by atoms with E-state index in [1.807, 2.05) is 17.0 Å². The minimum absolute atomic E-state index is 0.0453. The zero-order chi connectivity index (χ0) is 32.1. The molecule has 1 aromatic heterocycles. The van der Waals surface area contributed by atoms with E-state index in [1.165, 1.54) is 0 Å². The van der Waals surface area contributed by atoms with Crippen LogP contribution in [0.3, 0.4) is 0 Å². The standard InChI is InChI=1S/C35H49FN2O7/c1-21(42-2)20-44-35(41)32-18-26-16-22(4-13-31(26)45-32)17-30(39)33-28(23-9-11-27(43-3)12-10-23)14-15-38(33)34(40)25-7-5-24(6-8-25)29(37)19-36/h4,13,16,18,21,23-25,27-29,33H,5-12,14-15,17,19-20,37H2,1-3H3/t21-,23?,24?,25?,27?,28-,29+,33-/m0/s1. The molecule has 2 aromatic rings. The van der Waals surface area contributed by atoms with Gasteiger partial charge in [-0.15, -0.1) is 0 Å². The lowest BCUT2D eigenvalue weighted by molar-refractivity contribution is -0.143. The number of esters is 1. The van der Waals surface area contributed by atoms with Gasteiger partial charge in [-0.3, -0.25) is 9.59 Å². The van der Waals surface area contributed by atoms with Gasteiger partial charge in [-0.2, -0.15) is 0 Å². The number of carbonyl (C=O) groups is 3. The fourth-order valence-corrected chi connectivity index (χ4v) is 7.82. The minimum Gasteiger partial charge on any atom is -0.457 e. The Morgan fingerprint density at radius 2 is 1.76 bits per heavy atom. The van der Waals surface area contributed by atoms with Crippen molar-refractivity contribution in [2.75, 3.05) is 34.0 Å². The summed E-state index contributed by atoms with van der Waals surface area (Å²) in [5.74, 6) is 0.0644. The number of halogens is 1. The molecule has 1 aromatic carbocycles. The smallest absolute Gasteiger partial charge is 0.374 e. The second-order valence-corrected chi connectivity index (χ2v) is 13.4. The highest BCUT2D eigenvalue weighted by molar-refractivity contribution is 5.94. The summed E-state index contributed by atoms with van der Waals surface area (Å²) in [6.45, 7) is 1.97. The summed E-state index contributed by atoms with van der Waals surface area (Å²) in [7, 11) is 3.31. The molecule has 1 amide bonds. The Labute approximate surface area is 265 Å². The van der Waals surface area contributed by atoms with Crippen molar-refractivity contribution >= 4 is 28.6 Å². The van der Waals surface area contributed by atoms with Crippen molar-refractivity contribution in [3.8, 4) is 0 Å². The monoisotopic (exact) mass is 628 g/mol. The fraction of sp³-hybridized carbons (Fsp3) is 0.686. The first kappa shape index (κ1) is 33.5. The molecule has 1 aliphatic heterocycles. The number of Topliss-reactive ketones (excluding diaryl/α,β-unsaturated/α-hetero) is 1. The van der Waals surface area contributed by atoms with Crippen LogP contribution in [-0.2, 0) is 30.2 Å². The zero-order valence-electron chi connectivity index (χ0n) is 26.9. The Kier molecular flexibility index (Phi) is 11.3. The molecule has 9 nitrogen and oxygen atoms in total. The van der Waals surface area contributed by atoms with Gasteiger partial charge in [0.2, 0.25) is 11.7 Å². The molecule has 2 saturated carbocycles. The van der Waals surface area contributed by atoms with Crippen LogP contribution in [-0.4, -0.2) is 80.9 Å². The summed E-state index contributed by atoms with van der Waals surface area (Å²) in [6.07, 6.45) is 7.80. The van der Waals surface area contributed by atoms with Crippen LogP contribution in [0.15, 0.2) is 28.7 Å². The maximum Gasteiger partial charge on any atom is 0.374 e. The third-order valence-electron chi connectivity index (χ3n) is 10.6. The van der Waals surface area contributed by atoms with Crippen molar-refractivity contribution in [3.63, 3.8) is 0 Å². The normalized spacial score (nSPS) is 28.6. The van der Waals surface area contributed by atoms with Crippen molar-refractivity contribution < 1.29 is 37.4 Å². The zero-order valence-corrected chi connectivity index (χ0v) is 26.9. The van der Waals surface area contributed by atoms with E-state index in [9.17, 15) is 18.8 Å². The molecule has 45 heavy (non-hydrogen) atoms. The first-order valence-corrected chi connectivity index (χ1v) is 16.6. The average Bonchev–Trinajstić information content (AvgIpc) is 3.71. The molecule has 4 atom stereocenters. The van der Waals surface area contributed by atoms with E-state index in [1.54, 1.807) is 33.3 Å². The van der Waals surface area contributed by atoms with E-state index >= 15 is 0 Å². The Balaban J connectivity index is 1.31. The second-order valence-electron chi connectivity index (χ2n) is 13.4. The maximum atomic E-state index is 14.2. The van der Waals surface area contributed by atoms with Crippen molar-refractivity contribution in [1.82, 2.24) is 4.90 Å². The molecule has 2 N–H and O–H groups in total. The second kappa shape index (κ2) is 15.2. The minimum atomic E-state index is -0.570. The summed E-state index contributed by atoms with van der Waals surface area (Å²) in [6, 6.07) is 6.19. The molecule has 1 saturated heterocycles. The number of amides is 1. The molecular weight excluding hydrogens is 579 g/mol. The predicted molar refractivity (Wildman–Crippen MR) is 167 cm³/mol. The van der Waals surface area contributed by atoms with Crippen molar-refractivity contribution in [3.05, 3.63) is 35.6 Å². The highest BCUT2D eigenvalue weighted by Crippen LogP contribution is 2.42. The van der Waals surface area contributed by atoms with Gasteiger partial charge in [-0.1, -0.05) is 6.07 Å². The van der Waals surface area contributed by atoms with E-state index < -0.39 is 24.7 Å². The number of benzene rings is 1. The van der Waals surface area contributed by atoms with Gasteiger partial charge in [-0.25, -0.2) is 9.18 Å². The van der Waals surface area contributed by atoms with Crippen LogP contribution in [0.4, 0.5) is 4.39 Å². The van der Waals surface area contributed by atoms with Crippen LogP contribution < -0.4 is 5.73 Å². The third kappa shape index (κ3) is 7.77. The van der Waals surface area contributed by atoms with Gasteiger partial charge in [0.25, 0.3) is 0 Å². The third-order valence-corrected chi connectivity index (χ3v) is 10.6. The Bertz CT molecular complexity index is 1310. The van der Waals surface area contributed by atoms with Gasteiger partial charge in [0.15, 0.2) is 5.78 Å². The number of hydrogen-bond acceptors (Lipinski definition) is 8. The number of carbonyl (C=O) groups excluding carboxylic acids is 3. The van der Waals surface area contributed by atoms with E-state index in [-0.39, 0.29) is 60.4 Å². The fourth-order valence-electron chi connectivity index (χ4n) is 7.82. The molecule has 10 heteroatoms. The van der Waals surface area contributed by atoms with Gasteiger partial charge < -0.3 is 29.3 Å². The van der Waals surface area contributed by atoms with Gasteiger partial charge in [0.05, 0.1) is 18.2 Å².